The lowest BCUT2D eigenvalue weighted by molar-refractivity contribution is 0.130. The maximum Gasteiger partial charge on any atom is 0.260 e. The highest BCUT2D eigenvalue weighted by molar-refractivity contribution is 5.55. The quantitative estimate of drug-likeness (QED) is 0.871. The summed E-state index contributed by atoms with van der Waals surface area (Å²) in [5.74, 6) is 0.271. The maximum atomic E-state index is 13.9. The number of nitrogens with two attached hydrogens (primary N) is 1. The summed E-state index contributed by atoms with van der Waals surface area (Å²) in [6.07, 6.45) is 0. The number of aromatic nitrogens is 2. The molecule has 0 radical (unpaired) electrons. The van der Waals surface area contributed by atoms with E-state index in [-0.39, 0.29) is 23.9 Å². The smallest absolute Gasteiger partial charge is 0.260 e. The SMILES string of the molecule is CCOCC(N)c1noc(-c2ccc(OC)cc2F)n1. The molecule has 108 valence electrons. The molecule has 2 aromatic rings. The number of nitrogens with zero attached hydrogens (tertiary/aromatic N) is 2. The second-order valence-electron chi connectivity index (χ2n) is 4.07. The van der Waals surface area contributed by atoms with Gasteiger partial charge in [-0.2, -0.15) is 4.98 Å². The Hall–Kier alpha value is -1.99. The van der Waals surface area contributed by atoms with Crippen molar-refractivity contribution in [3.05, 3.63) is 29.8 Å². The fraction of sp³-hybridized carbons (Fsp3) is 0.385. The standard InChI is InChI=1S/C13H16FN3O3/c1-3-19-7-11(15)12-16-13(20-17-12)9-5-4-8(18-2)6-10(9)14/h4-6,11H,3,7,15H2,1-2H3. The Morgan fingerprint density at radius 3 is 2.90 bits per heavy atom. The van der Waals surface area contributed by atoms with Gasteiger partial charge in [0.25, 0.3) is 5.89 Å². The third kappa shape index (κ3) is 3.12. The third-order valence-corrected chi connectivity index (χ3v) is 2.68. The Morgan fingerprint density at radius 2 is 2.25 bits per heavy atom. The molecule has 1 aromatic heterocycles. The summed E-state index contributed by atoms with van der Waals surface area (Å²) in [6, 6.07) is 3.87. The van der Waals surface area contributed by atoms with Crippen LogP contribution in [0.5, 0.6) is 5.75 Å². The summed E-state index contributed by atoms with van der Waals surface area (Å²) in [5.41, 5.74) is 6.03. The molecule has 1 aromatic carbocycles. The highest BCUT2D eigenvalue weighted by Gasteiger charge is 2.18. The van der Waals surface area contributed by atoms with Crippen molar-refractivity contribution in [1.82, 2.24) is 10.1 Å². The van der Waals surface area contributed by atoms with Crippen LogP contribution < -0.4 is 10.5 Å². The summed E-state index contributed by atoms with van der Waals surface area (Å²) in [4.78, 5) is 4.09. The van der Waals surface area contributed by atoms with Crippen molar-refractivity contribution in [2.45, 2.75) is 13.0 Å². The monoisotopic (exact) mass is 281 g/mol. The zero-order valence-corrected chi connectivity index (χ0v) is 11.3. The van der Waals surface area contributed by atoms with Crippen LogP contribution in [0, 0.1) is 5.82 Å². The van der Waals surface area contributed by atoms with Gasteiger partial charge >= 0.3 is 0 Å². The number of benzene rings is 1. The highest BCUT2D eigenvalue weighted by Crippen LogP contribution is 2.25. The van der Waals surface area contributed by atoms with Gasteiger partial charge in [-0.1, -0.05) is 5.16 Å². The van der Waals surface area contributed by atoms with Gasteiger partial charge in [0, 0.05) is 12.7 Å². The molecule has 0 fully saturated rings. The summed E-state index contributed by atoms with van der Waals surface area (Å²) in [7, 11) is 1.46. The van der Waals surface area contributed by atoms with Crippen LogP contribution in [0.15, 0.2) is 22.7 Å². The molecule has 2 rings (SSSR count). The minimum Gasteiger partial charge on any atom is -0.497 e. The summed E-state index contributed by atoms with van der Waals surface area (Å²) < 4.78 is 29.0. The lowest BCUT2D eigenvalue weighted by Gasteiger charge is -2.05. The van der Waals surface area contributed by atoms with Crippen LogP contribution in [0.25, 0.3) is 11.5 Å². The maximum absolute atomic E-state index is 13.9. The van der Waals surface area contributed by atoms with Gasteiger partial charge in [0.05, 0.1) is 25.3 Å². The number of hydrogen-bond acceptors (Lipinski definition) is 6. The van der Waals surface area contributed by atoms with Crippen molar-refractivity contribution < 1.29 is 18.4 Å². The first-order valence-electron chi connectivity index (χ1n) is 6.16. The van der Waals surface area contributed by atoms with E-state index in [4.69, 9.17) is 19.7 Å². The summed E-state index contributed by atoms with van der Waals surface area (Å²) >= 11 is 0. The predicted octanol–water partition coefficient (Wildman–Crippen LogP) is 1.92. The van der Waals surface area contributed by atoms with Gasteiger partial charge in [0.1, 0.15) is 11.6 Å². The van der Waals surface area contributed by atoms with Crippen LogP contribution in [0.1, 0.15) is 18.8 Å². The Morgan fingerprint density at radius 1 is 1.45 bits per heavy atom. The highest BCUT2D eigenvalue weighted by atomic mass is 19.1. The summed E-state index contributed by atoms with van der Waals surface area (Å²) in [6.45, 7) is 2.69. The van der Waals surface area contributed by atoms with Crippen LogP contribution in [0.2, 0.25) is 0 Å². The average Bonchev–Trinajstić information content (AvgIpc) is 2.94. The van der Waals surface area contributed by atoms with E-state index in [1.807, 2.05) is 6.92 Å². The molecule has 0 aliphatic carbocycles. The lowest BCUT2D eigenvalue weighted by Crippen LogP contribution is -2.18. The van der Waals surface area contributed by atoms with Gasteiger partial charge in [-0.05, 0) is 19.1 Å². The zero-order valence-electron chi connectivity index (χ0n) is 11.3. The van der Waals surface area contributed by atoms with Gasteiger partial charge < -0.3 is 19.7 Å². The zero-order chi connectivity index (χ0) is 14.5. The Labute approximate surface area is 115 Å². The molecule has 0 saturated heterocycles. The van der Waals surface area contributed by atoms with Gasteiger partial charge in [-0.25, -0.2) is 4.39 Å². The third-order valence-electron chi connectivity index (χ3n) is 2.68. The van der Waals surface area contributed by atoms with Crippen molar-refractivity contribution in [2.24, 2.45) is 5.73 Å². The van der Waals surface area contributed by atoms with Gasteiger partial charge in [-0.3, -0.25) is 0 Å². The number of methoxy groups -OCH3 is 1. The first-order chi connectivity index (χ1) is 9.65. The average molecular weight is 281 g/mol. The molecule has 0 spiro atoms. The lowest BCUT2D eigenvalue weighted by atomic mass is 10.2. The molecule has 6 nitrogen and oxygen atoms in total. The second kappa shape index (κ2) is 6.44. The van der Waals surface area contributed by atoms with Crippen molar-refractivity contribution >= 4 is 0 Å². The van der Waals surface area contributed by atoms with Crippen LogP contribution in [-0.4, -0.2) is 30.5 Å². The number of halogens is 1. The van der Waals surface area contributed by atoms with Crippen LogP contribution in [-0.2, 0) is 4.74 Å². The van der Waals surface area contributed by atoms with E-state index in [9.17, 15) is 4.39 Å². The van der Waals surface area contributed by atoms with E-state index in [0.717, 1.165) is 0 Å². The number of ether oxygens (including phenoxy) is 2. The number of hydrogen-bond donors (Lipinski definition) is 1. The Kier molecular flexibility index (Phi) is 4.65. The summed E-state index contributed by atoms with van der Waals surface area (Å²) in [5, 5.41) is 3.74. The van der Waals surface area contributed by atoms with Crippen LogP contribution >= 0.6 is 0 Å². The van der Waals surface area contributed by atoms with E-state index >= 15 is 0 Å². The minimum absolute atomic E-state index is 0.0760. The largest absolute Gasteiger partial charge is 0.497 e. The first-order valence-corrected chi connectivity index (χ1v) is 6.16. The molecule has 1 atom stereocenters. The van der Waals surface area contributed by atoms with Crippen molar-refractivity contribution in [3.8, 4) is 17.2 Å². The Balaban J connectivity index is 2.20. The molecular formula is C13H16FN3O3. The molecule has 1 unspecified atom stereocenters. The molecule has 0 amide bonds. The predicted molar refractivity (Wildman–Crippen MR) is 69.7 cm³/mol. The van der Waals surface area contributed by atoms with E-state index in [1.165, 1.54) is 19.2 Å². The minimum atomic E-state index is -0.506. The molecule has 1 heterocycles. The fourth-order valence-corrected chi connectivity index (χ4v) is 1.61. The molecule has 0 aliphatic heterocycles. The van der Waals surface area contributed by atoms with Crippen LogP contribution in [0.3, 0.4) is 0 Å². The molecular weight excluding hydrogens is 265 g/mol. The van der Waals surface area contributed by atoms with E-state index in [1.54, 1.807) is 6.07 Å². The van der Waals surface area contributed by atoms with Crippen molar-refractivity contribution in [1.29, 1.82) is 0 Å². The Bertz CT molecular complexity index is 574. The molecule has 0 bridgehead atoms. The van der Waals surface area contributed by atoms with E-state index < -0.39 is 11.9 Å². The fourth-order valence-electron chi connectivity index (χ4n) is 1.61. The van der Waals surface area contributed by atoms with Crippen molar-refractivity contribution in [2.75, 3.05) is 20.3 Å². The van der Waals surface area contributed by atoms with Gasteiger partial charge in [0.2, 0.25) is 0 Å². The van der Waals surface area contributed by atoms with E-state index in [0.29, 0.717) is 12.4 Å². The van der Waals surface area contributed by atoms with Crippen LogP contribution in [0.4, 0.5) is 4.39 Å². The second-order valence-corrected chi connectivity index (χ2v) is 4.07. The van der Waals surface area contributed by atoms with Crippen molar-refractivity contribution in [3.63, 3.8) is 0 Å². The van der Waals surface area contributed by atoms with Gasteiger partial charge in [0.15, 0.2) is 5.82 Å². The molecule has 2 N–H and O–H groups in total. The van der Waals surface area contributed by atoms with Gasteiger partial charge in [-0.15, -0.1) is 0 Å². The molecule has 7 heteroatoms. The normalized spacial score (nSPS) is 12.4. The first kappa shape index (κ1) is 14.4. The topological polar surface area (TPSA) is 83.4 Å². The van der Waals surface area contributed by atoms with E-state index in [2.05, 4.69) is 10.1 Å². The molecule has 0 saturated carbocycles. The molecule has 20 heavy (non-hydrogen) atoms. The molecule has 0 aliphatic rings. The number of rotatable bonds is 6.